The normalized spacial score (nSPS) is 16.1. The Balaban J connectivity index is 1.55. The van der Waals surface area contributed by atoms with Gasteiger partial charge in [-0.1, -0.05) is 13.0 Å². The molecule has 1 saturated heterocycles. The van der Waals surface area contributed by atoms with Crippen LogP contribution in [0.15, 0.2) is 48.7 Å². The molecular formula is C24H29N5O2. The number of methoxy groups -OCH3 is 2. The van der Waals surface area contributed by atoms with Crippen molar-refractivity contribution < 1.29 is 9.47 Å². The monoisotopic (exact) mass is 419 g/mol. The highest BCUT2D eigenvalue weighted by molar-refractivity contribution is 5.56. The first-order valence-corrected chi connectivity index (χ1v) is 10.7. The predicted octanol–water partition coefficient (Wildman–Crippen LogP) is 4.20. The number of aromatic nitrogens is 3. The van der Waals surface area contributed by atoms with Crippen LogP contribution in [0.25, 0.3) is 11.5 Å². The van der Waals surface area contributed by atoms with Crippen LogP contribution in [0.2, 0.25) is 0 Å². The molecule has 1 aliphatic rings. The van der Waals surface area contributed by atoms with Crippen LogP contribution in [0.3, 0.4) is 0 Å². The predicted molar refractivity (Wildman–Crippen MR) is 123 cm³/mol. The molecule has 1 atom stereocenters. The van der Waals surface area contributed by atoms with Gasteiger partial charge in [0.2, 0.25) is 0 Å². The lowest BCUT2D eigenvalue weighted by Crippen LogP contribution is -2.42. The number of hydrogen-bond acceptors (Lipinski definition) is 7. The highest BCUT2D eigenvalue weighted by Gasteiger charge is 2.22. The Bertz CT molecular complexity index is 990. The van der Waals surface area contributed by atoms with Gasteiger partial charge in [-0.15, -0.1) is 0 Å². The summed E-state index contributed by atoms with van der Waals surface area (Å²) in [6.07, 6.45) is 4.81. The number of rotatable bonds is 7. The van der Waals surface area contributed by atoms with E-state index in [1.165, 1.54) is 0 Å². The molecule has 4 rings (SSSR count). The largest absolute Gasteiger partial charge is 0.497 e. The van der Waals surface area contributed by atoms with Gasteiger partial charge >= 0.3 is 0 Å². The SMILES string of the molecule is CCc1cc(N2CCCC(Nc3cc(OC)cc(OC)c3)C2)nc(-c2ccccn2)n1. The number of piperidine rings is 1. The molecule has 1 fully saturated rings. The second-order valence-electron chi connectivity index (χ2n) is 7.64. The van der Waals surface area contributed by atoms with E-state index < -0.39 is 0 Å². The van der Waals surface area contributed by atoms with E-state index in [1.807, 2.05) is 36.4 Å². The van der Waals surface area contributed by atoms with E-state index in [0.717, 1.165) is 66.7 Å². The van der Waals surface area contributed by atoms with Crippen molar-refractivity contribution in [1.29, 1.82) is 0 Å². The first kappa shape index (κ1) is 20.9. The zero-order valence-electron chi connectivity index (χ0n) is 18.3. The van der Waals surface area contributed by atoms with Crippen molar-refractivity contribution >= 4 is 11.5 Å². The minimum absolute atomic E-state index is 0.295. The van der Waals surface area contributed by atoms with Crippen LogP contribution >= 0.6 is 0 Å². The van der Waals surface area contributed by atoms with Crippen molar-refractivity contribution in [1.82, 2.24) is 15.0 Å². The zero-order valence-corrected chi connectivity index (χ0v) is 18.3. The van der Waals surface area contributed by atoms with Crippen molar-refractivity contribution in [2.75, 3.05) is 37.5 Å². The number of anilines is 2. The van der Waals surface area contributed by atoms with Crippen molar-refractivity contribution in [3.05, 3.63) is 54.4 Å². The lowest BCUT2D eigenvalue weighted by Gasteiger charge is -2.34. The van der Waals surface area contributed by atoms with Crippen LogP contribution in [0.5, 0.6) is 11.5 Å². The summed E-state index contributed by atoms with van der Waals surface area (Å²) in [5.41, 5.74) is 2.82. The highest BCUT2D eigenvalue weighted by atomic mass is 16.5. The summed E-state index contributed by atoms with van der Waals surface area (Å²) in [5, 5.41) is 3.65. The number of benzene rings is 1. The minimum atomic E-state index is 0.295. The van der Waals surface area contributed by atoms with E-state index in [-0.39, 0.29) is 0 Å². The first-order valence-electron chi connectivity index (χ1n) is 10.7. The van der Waals surface area contributed by atoms with Gasteiger partial charge in [-0.3, -0.25) is 4.98 Å². The second-order valence-corrected chi connectivity index (χ2v) is 7.64. The Morgan fingerprint density at radius 3 is 2.55 bits per heavy atom. The van der Waals surface area contributed by atoms with Gasteiger partial charge in [-0.05, 0) is 31.4 Å². The van der Waals surface area contributed by atoms with Crippen LogP contribution in [0, 0.1) is 0 Å². The molecule has 31 heavy (non-hydrogen) atoms. The lowest BCUT2D eigenvalue weighted by atomic mass is 10.0. The average molecular weight is 420 g/mol. The van der Waals surface area contributed by atoms with Crippen LogP contribution in [0.4, 0.5) is 11.5 Å². The molecule has 0 spiro atoms. The van der Waals surface area contributed by atoms with Crippen molar-refractivity contribution in [3.63, 3.8) is 0 Å². The molecule has 0 bridgehead atoms. The number of aryl methyl sites for hydroxylation is 1. The van der Waals surface area contributed by atoms with E-state index in [1.54, 1.807) is 20.4 Å². The van der Waals surface area contributed by atoms with Gasteiger partial charge < -0.3 is 19.7 Å². The van der Waals surface area contributed by atoms with Crippen LogP contribution in [-0.2, 0) is 6.42 Å². The van der Waals surface area contributed by atoms with Gasteiger partial charge in [-0.2, -0.15) is 0 Å². The Morgan fingerprint density at radius 1 is 1.06 bits per heavy atom. The number of ether oxygens (including phenoxy) is 2. The van der Waals surface area contributed by atoms with Crippen LogP contribution < -0.4 is 19.7 Å². The van der Waals surface area contributed by atoms with Gasteiger partial charge in [0.1, 0.15) is 23.0 Å². The van der Waals surface area contributed by atoms with Crippen LogP contribution in [0.1, 0.15) is 25.5 Å². The molecule has 0 amide bonds. The maximum Gasteiger partial charge on any atom is 0.180 e. The molecule has 7 nitrogen and oxygen atoms in total. The lowest BCUT2D eigenvalue weighted by molar-refractivity contribution is 0.394. The van der Waals surface area contributed by atoms with E-state index in [4.69, 9.17) is 19.4 Å². The minimum Gasteiger partial charge on any atom is -0.497 e. The maximum absolute atomic E-state index is 5.40. The molecule has 0 aliphatic carbocycles. The standard InChI is InChI=1S/C24H29N5O2/c1-4-17-14-23(28-24(27-17)22-9-5-6-10-25-22)29-11-7-8-18(16-29)26-19-12-20(30-2)15-21(13-19)31-3/h5-6,9-10,12-15,18,26H,4,7-8,11,16H2,1-3H3. The molecule has 1 N–H and O–H groups in total. The third kappa shape index (κ3) is 5.05. The molecule has 0 radical (unpaired) electrons. The smallest absolute Gasteiger partial charge is 0.180 e. The third-order valence-electron chi connectivity index (χ3n) is 5.49. The van der Waals surface area contributed by atoms with Crippen molar-refractivity contribution in [2.45, 2.75) is 32.2 Å². The van der Waals surface area contributed by atoms with Gasteiger partial charge in [0, 0.05) is 61.0 Å². The summed E-state index contributed by atoms with van der Waals surface area (Å²) in [6, 6.07) is 14.1. The fourth-order valence-electron chi connectivity index (χ4n) is 3.87. The first-order chi connectivity index (χ1) is 15.2. The fourth-order valence-corrected chi connectivity index (χ4v) is 3.87. The topological polar surface area (TPSA) is 72.4 Å². The fraction of sp³-hybridized carbons (Fsp3) is 0.375. The molecule has 162 valence electrons. The summed E-state index contributed by atoms with van der Waals surface area (Å²) >= 11 is 0. The molecule has 0 saturated carbocycles. The van der Waals surface area contributed by atoms with E-state index in [9.17, 15) is 0 Å². The molecule has 1 aliphatic heterocycles. The quantitative estimate of drug-likeness (QED) is 0.615. The summed E-state index contributed by atoms with van der Waals surface area (Å²) in [5.74, 6) is 3.20. The third-order valence-corrected chi connectivity index (χ3v) is 5.49. The summed E-state index contributed by atoms with van der Waals surface area (Å²) in [6.45, 7) is 3.95. The number of hydrogen-bond donors (Lipinski definition) is 1. The van der Waals surface area contributed by atoms with Crippen molar-refractivity contribution in [2.24, 2.45) is 0 Å². The Labute approximate surface area is 183 Å². The summed E-state index contributed by atoms with van der Waals surface area (Å²) in [4.78, 5) is 16.3. The summed E-state index contributed by atoms with van der Waals surface area (Å²) in [7, 11) is 3.33. The van der Waals surface area contributed by atoms with Gasteiger partial charge in [0.25, 0.3) is 0 Å². The van der Waals surface area contributed by atoms with E-state index in [0.29, 0.717) is 11.9 Å². The molecule has 3 aromatic rings. The maximum atomic E-state index is 5.40. The average Bonchev–Trinajstić information content (AvgIpc) is 2.84. The van der Waals surface area contributed by atoms with Gasteiger partial charge in [0.05, 0.1) is 14.2 Å². The highest BCUT2D eigenvalue weighted by Crippen LogP contribution is 2.28. The zero-order chi connectivity index (χ0) is 21.6. The molecule has 7 heteroatoms. The molecule has 1 unspecified atom stereocenters. The van der Waals surface area contributed by atoms with E-state index >= 15 is 0 Å². The molecular weight excluding hydrogens is 390 g/mol. The van der Waals surface area contributed by atoms with Gasteiger partial charge in [0.15, 0.2) is 5.82 Å². The summed E-state index contributed by atoms with van der Waals surface area (Å²) < 4.78 is 10.8. The van der Waals surface area contributed by atoms with Crippen molar-refractivity contribution in [3.8, 4) is 23.0 Å². The number of nitrogens with one attached hydrogen (secondary N) is 1. The molecule has 1 aromatic carbocycles. The molecule has 3 heterocycles. The number of nitrogens with zero attached hydrogens (tertiary/aromatic N) is 4. The van der Waals surface area contributed by atoms with E-state index in [2.05, 4.69) is 28.2 Å². The Kier molecular flexibility index (Phi) is 6.50. The Hall–Kier alpha value is -3.35. The van der Waals surface area contributed by atoms with Gasteiger partial charge in [-0.25, -0.2) is 9.97 Å². The van der Waals surface area contributed by atoms with Crippen LogP contribution in [-0.4, -0.2) is 48.3 Å². The number of pyridine rings is 1. The molecule has 2 aromatic heterocycles. The Morgan fingerprint density at radius 2 is 1.87 bits per heavy atom. The second kappa shape index (κ2) is 9.64.